The fourth-order valence-corrected chi connectivity index (χ4v) is 3.68. The smallest absolute Gasteiger partial charge is 0.357 e. The van der Waals surface area contributed by atoms with Crippen LogP contribution in [0.4, 0.5) is 22.0 Å². The average Bonchev–Trinajstić information content (AvgIpc) is 3.08. The number of hydrogen-bond acceptors (Lipinski definition) is 4. The average molecular weight is 432 g/mol. The summed E-state index contributed by atoms with van der Waals surface area (Å²) in [5, 5.41) is 5.90. The number of aliphatic imine (C=N–C) groups is 1. The van der Waals surface area contributed by atoms with E-state index in [2.05, 4.69) is 20.6 Å². The van der Waals surface area contributed by atoms with Crippen molar-refractivity contribution >= 4 is 16.0 Å². The molecule has 2 N–H and O–H groups in total. The van der Waals surface area contributed by atoms with Gasteiger partial charge in [0.1, 0.15) is 12.4 Å². The number of nitrogens with zero attached hydrogens (tertiary/aromatic N) is 4. The fraction of sp³-hybridized carbons (Fsp3) is 0.714. The Bertz CT molecular complexity index is 771. The van der Waals surface area contributed by atoms with Crippen molar-refractivity contribution in [2.75, 3.05) is 19.6 Å². The van der Waals surface area contributed by atoms with Crippen LogP contribution in [0.25, 0.3) is 0 Å². The zero-order valence-corrected chi connectivity index (χ0v) is 15.8. The lowest BCUT2D eigenvalue weighted by atomic mass is 10.1. The molecule has 2 rings (SSSR count). The molecule has 14 heteroatoms. The second-order valence-corrected chi connectivity index (χ2v) is 7.92. The third-order valence-corrected chi connectivity index (χ3v) is 5.74. The summed E-state index contributed by atoms with van der Waals surface area (Å²) < 4.78 is 87.5. The van der Waals surface area contributed by atoms with Gasteiger partial charge in [-0.25, -0.2) is 18.4 Å². The number of rotatable bonds is 6. The van der Waals surface area contributed by atoms with Crippen LogP contribution in [0.2, 0.25) is 0 Å². The number of hydrogen-bond donors (Lipinski definition) is 2. The number of guanidine groups is 1. The highest BCUT2D eigenvalue weighted by molar-refractivity contribution is 7.90. The monoisotopic (exact) mass is 432 g/mol. The summed E-state index contributed by atoms with van der Waals surface area (Å²) in [6.07, 6.45) is 2.65. The van der Waals surface area contributed by atoms with E-state index in [0.29, 0.717) is 15.4 Å². The molecule has 1 aromatic heterocycles. The number of alkyl halides is 5. The summed E-state index contributed by atoms with van der Waals surface area (Å²) in [5.74, 6) is 0.335. The Balaban J connectivity index is 1.97. The summed E-state index contributed by atoms with van der Waals surface area (Å²) in [6.45, 7) is -1.19. The first-order valence-corrected chi connectivity index (χ1v) is 9.91. The summed E-state index contributed by atoms with van der Waals surface area (Å²) in [5.41, 5.74) is -5.32. The molecule has 1 aliphatic heterocycles. The van der Waals surface area contributed by atoms with Gasteiger partial charge in [0.25, 0.3) is 0 Å². The predicted molar refractivity (Wildman–Crippen MR) is 91.0 cm³/mol. The van der Waals surface area contributed by atoms with Gasteiger partial charge in [-0.1, -0.05) is 0 Å². The van der Waals surface area contributed by atoms with Crippen LogP contribution in [0.1, 0.15) is 32.1 Å². The first kappa shape index (κ1) is 22.3. The summed E-state index contributed by atoms with van der Waals surface area (Å²) in [7, 11) is -5.34. The number of piperidine rings is 1. The molecule has 2 heterocycles. The molecule has 0 unspecified atom stereocenters. The van der Waals surface area contributed by atoms with E-state index in [0.717, 1.165) is 6.20 Å². The van der Waals surface area contributed by atoms with E-state index < -0.39 is 22.1 Å². The molecular weight excluding hydrogens is 411 g/mol. The lowest BCUT2D eigenvalue weighted by Crippen LogP contribution is -2.51. The molecule has 0 spiro atoms. The minimum absolute atomic E-state index is 0.0540. The molecular formula is C14H21F5N6O2S. The Morgan fingerprint density at radius 2 is 2.00 bits per heavy atom. The maximum atomic E-state index is 12.8. The first-order chi connectivity index (χ1) is 13.1. The van der Waals surface area contributed by atoms with E-state index >= 15 is 0 Å². The molecule has 160 valence electrons. The van der Waals surface area contributed by atoms with Gasteiger partial charge in [0.2, 0.25) is 0 Å². The van der Waals surface area contributed by atoms with Crippen molar-refractivity contribution in [3.63, 3.8) is 0 Å². The first-order valence-electron chi connectivity index (χ1n) is 8.47. The maximum absolute atomic E-state index is 12.8. The predicted octanol–water partition coefficient (Wildman–Crippen LogP) is 1.65. The second-order valence-electron chi connectivity index (χ2n) is 5.99. The van der Waals surface area contributed by atoms with E-state index in [4.69, 9.17) is 0 Å². The van der Waals surface area contributed by atoms with Crippen LogP contribution in [-0.2, 0) is 16.6 Å². The number of sulfonamides is 1. The normalized spacial score (nSPS) is 17.9. The number of halogens is 5. The van der Waals surface area contributed by atoms with Crippen LogP contribution in [0.5, 0.6) is 0 Å². The quantitative estimate of drug-likeness (QED) is 0.405. The van der Waals surface area contributed by atoms with Gasteiger partial charge in [0, 0.05) is 38.1 Å². The minimum Gasteiger partial charge on any atom is -0.357 e. The van der Waals surface area contributed by atoms with E-state index in [9.17, 15) is 30.4 Å². The lowest BCUT2D eigenvalue weighted by molar-refractivity contribution is -0.0494. The third kappa shape index (κ3) is 5.31. The minimum atomic E-state index is -5.34. The standard InChI is InChI=1S/C14H21F5N6O2S/c1-2-20-13(22-9-11-21-5-8-25(11)12(15)16)23-10-3-6-24(7-4-10)28(26,27)14(17,18)19/h5,8,10,12H,2-4,6-7,9H2,1H3,(H2,20,22,23). The molecule has 8 nitrogen and oxygen atoms in total. The molecule has 1 fully saturated rings. The van der Waals surface area contributed by atoms with Crippen LogP contribution in [0.3, 0.4) is 0 Å². The van der Waals surface area contributed by atoms with E-state index in [1.807, 2.05) is 0 Å². The van der Waals surface area contributed by atoms with Crippen LogP contribution in [0.15, 0.2) is 17.4 Å². The van der Waals surface area contributed by atoms with Gasteiger partial charge in [-0.2, -0.15) is 26.3 Å². The molecule has 1 saturated heterocycles. The molecule has 0 amide bonds. The van der Waals surface area contributed by atoms with E-state index in [-0.39, 0.29) is 50.3 Å². The van der Waals surface area contributed by atoms with Crippen LogP contribution >= 0.6 is 0 Å². The molecule has 0 saturated carbocycles. The van der Waals surface area contributed by atoms with Crippen molar-refractivity contribution in [1.82, 2.24) is 24.5 Å². The van der Waals surface area contributed by atoms with Gasteiger partial charge in [-0.05, 0) is 19.8 Å². The topological polar surface area (TPSA) is 91.6 Å². The Kier molecular flexibility index (Phi) is 7.20. The highest BCUT2D eigenvalue weighted by atomic mass is 32.2. The zero-order valence-electron chi connectivity index (χ0n) is 15.0. The SMILES string of the molecule is CCNC(=NCc1nccn1C(F)F)NC1CCN(S(=O)(=O)C(F)(F)F)CC1. The van der Waals surface area contributed by atoms with Crippen molar-refractivity contribution in [2.24, 2.45) is 4.99 Å². The zero-order chi connectivity index (χ0) is 20.9. The van der Waals surface area contributed by atoms with Crippen LogP contribution in [-0.4, -0.2) is 59.4 Å². The van der Waals surface area contributed by atoms with Crippen molar-refractivity contribution in [1.29, 1.82) is 0 Å². The molecule has 28 heavy (non-hydrogen) atoms. The Morgan fingerprint density at radius 1 is 1.36 bits per heavy atom. The van der Waals surface area contributed by atoms with Crippen molar-refractivity contribution < 1.29 is 30.4 Å². The van der Waals surface area contributed by atoms with Gasteiger partial charge in [-0.15, -0.1) is 0 Å². The van der Waals surface area contributed by atoms with Gasteiger partial charge < -0.3 is 10.6 Å². The molecule has 0 aromatic carbocycles. The van der Waals surface area contributed by atoms with Crippen molar-refractivity contribution in [3.8, 4) is 0 Å². The number of imidazole rings is 1. The Hall–Kier alpha value is -1.96. The summed E-state index contributed by atoms with van der Waals surface area (Å²) in [6, 6.07) is -0.313. The molecule has 0 atom stereocenters. The van der Waals surface area contributed by atoms with E-state index in [1.54, 1.807) is 6.92 Å². The van der Waals surface area contributed by atoms with Gasteiger partial charge in [0.15, 0.2) is 5.96 Å². The highest BCUT2D eigenvalue weighted by Gasteiger charge is 2.50. The largest absolute Gasteiger partial charge is 0.511 e. The molecule has 0 bridgehead atoms. The summed E-state index contributed by atoms with van der Waals surface area (Å²) in [4.78, 5) is 7.98. The number of nitrogens with one attached hydrogen (secondary N) is 2. The van der Waals surface area contributed by atoms with Gasteiger partial charge in [-0.3, -0.25) is 4.57 Å². The Morgan fingerprint density at radius 3 is 2.54 bits per heavy atom. The van der Waals surface area contributed by atoms with E-state index in [1.165, 1.54) is 6.20 Å². The maximum Gasteiger partial charge on any atom is 0.511 e. The van der Waals surface area contributed by atoms with Crippen LogP contribution in [0, 0.1) is 0 Å². The van der Waals surface area contributed by atoms with Crippen molar-refractivity contribution in [2.45, 2.75) is 44.4 Å². The lowest BCUT2D eigenvalue weighted by Gasteiger charge is -2.32. The third-order valence-electron chi connectivity index (χ3n) is 4.11. The molecule has 0 radical (unpaired) electrons. The fourth-order valence-electron chi connectivity index (χ4n) is 2.69. The van der Waals surface area contributed by atoms with Crippen molar-refractivity contribution in [3.05, 3.63) is 18.2 Å². The van der Waals surface area contributed by atoms with Gasteiger partial charge >= 0.3 is 22.1 Å². The molecule has 0 aliphatic carbocycles. The van der Waals surface area contributed by atoms with Crippen LogP contribution < -0.4 is 10.6 Å². The molecule has 1 aromatic rings. The van der Waals surface area contributed by atoms with Gasteiger partial charge in [0.05, 0.1) is 0 Å². The second kappa shape index (κ2) is 9.03. The molecule has 1 aliphatic rings. The Labute approximate surface area is 158 Å². The summed E-state index contributed by atoms with van der Waals surface area (Å²) >= 11 is 0. The highest BCUT2D eigenvalue weighted by Crippen LogP contribution is 2.28. The number of aromatic nitrogens is 2.